The van der Waals surface area contributed by atoms with Crippen LogP contribution < -0.4 is 10.2 Å². The van der Waals surface area contributed by atoms with Crippen molar-refractivity contribution in [3.8, 4) is 16.2 Å². The van der Waals surface area contributed by atoms with Crippen LogP contribution in [0.3, 0.4) is 0 Å². The molecule has 0 radical (unpaired) electrons. The summed E-state index contributed by atoms with van der Waals surface area (Å²) >= 11 is 13.7. The fourth-order valence-electron chi connectivity index (χ4n) is 3.25. The second-order valence-corrected chi connectivity index (χ2v) is 8.50. The molecule has 1 amide bonds. The van der Waals surface area contributed by atoms with Gasteiger partial charge in [0.05, 0.1) is 16.6 Å². The predicted octanol–water partition coefficient (Wildman–Crippen LogP) is 5.93. The van der Waals surface area contributed by atoms with E-state index in [0.717, 1.165) is 32.7 Å². The minimum Gasteiger partial charge on any atom is -0.488 e. The molecule has 4 aromatic rings. The van der Waals surface area contributed by atoms with E-state index in [4.69, 9.17) is 27.9 Å². The standard InChI is InChI=1S/C22H13Cl2N3O2S/c23-15-5-6-18-16(9-15)20-14(11-29-18)8-19(30-20)22(28)27-25-10-13-7-12-3-1-2-4-17(12)26-21(13)24/h1-10H,11H2,(H,27,28)/b25-10+. The number of hydrogen-bond donors (Lipinski definition) is 1. The molecule has 2 aromatic carbocycles. The van der Waals surface area contributed by atoms with Gasteiger partial charge in [-0.2, -0.15) is 5.10 Å². The maximum Gasteiger partial charge on any atom is 0.281 e. The van der Waals surface area contributed by atoms with Gasteiger partial charge in [-0.1, -0.05) is 41.4 Å². The second-order valence-electron chi connectivity index (χ2n) is 6.65. The topological polar surface area (TPSA) is 63.6 Å². The van der Waals surface area contributed by atoms with E-state index in [9.17, 15) is 4.79 Å². The van der Waals surface area contributed by atoms with Crippen LogP contribution >= 0.6 is 34.5 Å². The molecule has 0 bridgehead atoms. The lowest BCUT2D eigenvalue weighted by atomic mass is 10.1. The molecule has 3 heterocycles. The summed E-state index contributed by atoms with van der Waals surface area (Å²) in [6, 6.07) is 16.8. The summed E-state index contributed by atoms with van der Waals surface area (Å²) in [6.45, 7) is 0.412. The Bertz CT molecular complexity index is 1330. The van der Waals surface area contributed by atoms with Crippen LogP contribution in [0.1, 0.15) is 20.8 Å². The van der Waals surface area contributed by atoms with Crippen LogP contribution in [0.4, 0.5) is 0 Å². The second kappa shape index (κ2) is 7.72. The minimum atomic E-state index is -0.306. The van der Waals surface area contributed by atoms with E-state index in [-0.39, 0.29) is 5.91 Å². The van der Waals surface area contributed by atoms with Crippen LogP contribution in [0.15, 0.2) is 59.7 Å². The van der Waals surface area contributed by atoms with Crippen molar-refractivity contribution in [2.45, 2.75) is 6.61 Å². The molecular weight excluding hydrogens is 441 g/mol. The molecule has 0 saturated heterocycles. The number of halogens is 2. The molecular formula is C22H13Cl2N3O2S. The van der Waals surface area contributed by atoms with Crippen molar-refractivity contribution in [3.05, 3.63) is 80.8 Å². The Morgan fingerprint density at radius 1 is 1.17 bits per heavy atom. The molecule has 0 spiro atoms. The third-order valence-corrected chi connectivity index (χ3v) is 6.42. The van der Waals surface area contributed by atoms with Crippen LogP contribution in [-0.4, -0.2) is 17.1 Å². The number of hydrogen-bond acceptors (Lipinski definition) is 5. The number of nitrogens with zero attached hydrogens (tertiary/aromatic N) is 2. The number of nitrogens with one attached hydrogen (secondary N) is 1. The van der Waals surface area contributed by atoms with Crippen molar-refractivity contribution >= 4 is 57.6 Å². The van der Waals surface area contributed by atoms with Crippen LogP contribution in [-0.2, 0) is 6.61 Å². The first-order valence-electron chi connectivity index (χ1n) is 9.02. The van der Waals surface area contributed by atoms with Crippen LogP contribution in [0.2, 0.25) is 10.2 Å². The van der Waals surface area contributed by atoms with E-state index in [1.165, 1.54) is 17.6 Å². The molecule has 5 nitrogen and oxygen atoms in total. The largest absolute Gasteiger partial charge is 0.488 e. The zero-order chi connectivity index (χ0) is 20.7. The number of ether oxygens (including phenoxy) is 1. The summed E-state index contributed by atoms with van der Waals surface area (Å²) in [5, 5.41) is 5.94. The Labute approximate surface area is 185 Å². The molecule has 1 aliphatic rings. The summed E-state index contributed by atoms with van der Waals surface area (Å²) in [6.07, 6.45) is 1.49. The van der Waals surface area contributed by atoms with Crippen molar-refractivity contribution in [1.82, 2.24) is 10.4 Å². The van der Waals surface area contributed by atoms with E-state index in [0.29, 0.717) is 27.2 Å². The Morgan fingerprint density at radius 3 is 2.93 bits per heavy atom. The van der Waals surface area contributed by atoms with Gasteiger partial charge in [0.15, 0.2) is 0 Å². The summed E-state index contributed by atoms with van der Waals surface area (Å²) in [4.78, 5) is 18.5. The number of benzene rings is 2. The molecule has 0 unspecified atom stereocenters. The van der Waals surface area contributed by atoms with Gasteiger partial charge in [-0.3, -0.25) is 4.79 Å². The highest BCUT2D eigenvalue weighted by atomic mass is 35.5. The average Bonchev–Trinajstić information content (AvgIpc) is 3.19. The van der Waals surface area contributed by atoms with Gasteiger partial charge in [0.25, 0.3) is 5.91 Å². The van der Waals surface area contributed by atoms with Gasteiger partial charge in [0, 0.05) is 32.0 Å². The zero-order valence-corrected chi connectivity index (χ0v) is 17.7. The lowest BCUT2D eigenvalue weighted by Crippen LogP contribution is -2.16. The third-order valence-electron chi connectivity index (χ3n) is 4.68. The number of para-hydroxylation sites is 1. The quantitative estimate of drug-likeness (QED) is 0.237. The Hall–Kier alpha value is -2.93. The monoisotopic (exact) mass is 453 g/mol. The average molecular weight is 454 g/mol. The van der Waals surface area contributed by atoms with Gasteiger partial charge >= 0.3 is 0 Å². The first-order valence-corrected chi connectivity index (χ1v) is 10.6. The molecule has 2 aromatic heterocycles. The number of aromatic nitrogens is 1. The molecule has 8 heteroatoms. The Balaban J connectivity index is 1.36. The highest BCUT2D eigenvalue weighted by Gasteiger charge is 2.23. The highest BCUT2D eigenvalue weighted by molar-refractivity contribution is 7.17. The number of hydrazone groups is 1. The van der Waals surface area contributed by atoms with Crippen molar-refractivity contribution in [3.63, 3.8) is 0 Å². The van der Waals surface area contributed by atoms with E-state index < -0.39 is 0 Å². The van der Waals surface area contributed by atoms with Crippen LogP contribution in [0, 0.1) is 0 Å². The fourth-order valence-corrected chi connectivity index (χ4v) is 4.70. The van der Waals surface area contributed by atoms with Gasteiger partial charge in [-0.05, 0) is 36.4 Å². The normalized spacial score (nSPS) is 12.5. The third kappa shape index (κ3) is 3.54. The summed E-state index contributed by atoms with van der Waals surface area (Å²) in [5.41, 5.74) is 5.82. The van der Waals surface area contributed by atoms with E-state index in [1.54, 1.807) is 6.07 Å². The van der Waals surface area contributed by atoms with E-state index >= 15 is 0 Å². The van der Waals surface area contributed by atoms with Gasteiger partial charge < -0.3 is 4.74 Å². The van der Waals surface area contributed by atoms with Gasteiger partial charge in [-0.15, -0.1) is 11.3 Å². The SMILES string of the molecule is O=C(N/N=C/c1cc2ccccc2nc1Cl)c1cc2c(s1)-c1cc(Cl)ccc1OC2. The Kier molecular flexibility index (Phi) is 4.90. The number of thiophene rings is 1. The van der Waals surface area contributed by atoms with Crippen molar-refractivity contribution in [2.24, 2.45) is 5.10 Å². The predicted molar refractivity (Wildman–Crippen MR) is 121 cm³/mol. The van der Waals surface area contributed by atoms with Crippen molar-refractivity contribution in [1.29, 1.82) is 0 Å². The molecule has 0 aliphatic carbocycles. The smallest absolute Gasteiger partial charge is 0.281 e. The molecule has 0 atom stereocenters. The highest BCUT2D eigenvalue weighted by Crippen LogP contribution is 2.43. The van der Waals surface area contributed by atoms with Crippen LogP contribution in [0.5, 0.6) is 5.75 Å². The number of carbonyl (C=O) groups is 1. The summed E-state index contributed by atoms with van der Waals surface area (Å²) in [5.74, 6) is 0.455. The fraction of sp³-hybridized carbons (Fsp3) is 0.0455. The number of rotatable bonds is 3. The lowest BCUT2D eigenvalue weighted by Gasteiger charge is -2.17. The molecule has 0 fully saturated rings. The van der Waals surface area contributed by atoms with Crippen LogP contribution in [0.25, 0.3) is 21.3 Å². The molecule has 5 rings (SSSR count). The first-order chi connectivity index (χ1) is 14.6. The molecule has 1 N–H and O–H groups in total. The lowest BCUT2D eigenvalue weighted by molar-refractivity contribution is 0.0959. The molecule has 0 saturated carbocycles. The summed E-state index contributed by atoms with van der Waals surface area (Å²) < 4.78 is 5.75. The molecule has 1 aliphatic heterocycles. The molecule has 148 valence electrons. The van der Waals surface area contributed by atoms with Gasteiger partial charge in [-0.25, -0.2) is 10.4 Å². The maximum absolute atomic E-state index is 12.6. The first kappa shape index (κ1) is 19.1. The van der Waals surface area contributed by atoms with Crippen molar-refractivity contribution in [2.75, 3.05) is 0 Å². The summed E-state index contributed by atoms with van der Waals surface area (Å²) in [7, 11) is 0. The van der Waals surface area contributed by atoms with E-state index in [1.807, 2.05) is 48.5 Å². The number of amides is 1. The van der Waals surface area contributed by atoms with Gasteiger partial charge in [0.2, 0.25) is 0 Å². The minimum absolute atomic E-state index is 0.306. The van der Waals surface area contributed by atoms with Crippen molar-refractivity contribution < 1.29 is 9.53 Å². The van der Waals surface area contributed by atoms with Gasteiger partial charge in [0.1, 0.15) is 17.5 Å². The van der Waals surface area contributed by atoms with E-state index in [2.05, 4.69) is 15.5 Å². The zero-order valence-electron chi connectivity index (χ0n) is 15.4. The molecule has 30 heavy (non-hydrogen) atoms. The maximum atomic E-state index is 12.6. The number of pyridine rings is 1. The number of carbonyl (C=O) groups excluding carboxylic acids is 1. The number of fused-ring (bicyclic) bond motifs is 4. The Morgan fingerprint density at radius 2 is 2.03 bits per heavy atom.